The Hall–Kier alpha value is -4.01. The minimum absolute atomic E-state index is 0.0983. The average molecular weight is 477 g/mol. The van der Waals surface area contributed by atoms with Crippen molar-refractivity contribution in [3.8, 4) is 11.5 Å². The molecule has 3 aromatic rings. The van der Waals surface area contributed by atoms with Crippen LogP contribution in [0.15, 0.2) is 42.6 Å². The first-order chi connectivity index (χ1) is 16.9. The Bertz CT molecular complexity index is 1300. The van der Waals surface area contributed by atoms with Gasteiger partial charge in [-0.1, -0.05) is 18.2 Å². The zero-order valence-corrected chi connectivity index (χ0v) is 19.7. The molecule has 3 N–H and O–H groups in total. The summed E-state index contributed by atoms with van der Waals surface area (Å²) in [5, 5.41) is 6.50. The number of carbonyl (C=O) groups excluding carboxylic acids is 3. The zero-order chi connectivity index (χ0) is 24.5. The first-order valence-corrected chi connectivity index (χ1v) is 11.8. The van der Waals surface area contributed by atoms with Crippen molar-refractivity contribution in [1.29, 1.82) is 0 Å². The number of urea groups is 1. The van der Waals surface area contributed by atoms with Gasteiger partial charge in [0.25, 0.3) is 5.91 Å². The summed E-state index contributed by atoms with van der Waals surface area (Å²) in [6.07, 6.45) is 3.10. The van der Waals surface area contributed by atoms with E-state index in [2.05, 4.69) is 15.6 Å². The molecule has 2 atom stereocenters. The molecule has 0 aliphatic carbocycles. The van der Waals surface area contributed by atoms with Crippen LogP contribution in [-0.2, 0) is 29.0 Å². The summed E-state index contributed by atoms with van der Waals surface area (Å²) in [5.41, 5.74) is 3.76. The second-order valence-electron chi connectivity index (χ2n) is 8.90. The second-order valence-corrected chi connectivity index (χ2v) is 8.90. The van der Waals surface area contributed by atoms with E-state index >= 15 is 0 Å². The number of aromatic nitrogens is 1. The highest BCUT2D eigenvalue weighted by atomic mass is 16.5. The third kappa shape index (κ3) is 4.53. The summed E-state index contributed by atoms with van der Waals surface area (Å²) >= 11 is 0. The molecule has 9 heteroatoms. The van der Waals surface area contributed by atoms with Crippen LogP contribution >= 0.6 is 0 Å². The van der Waals surface area contributed by atoms with Crippen LogP contribution in [0, 0.1) is 0 Å². The van der Waals surface area contributed by atoms with Crippen molar-refractivity contribution < 1.29 is 23.9 Å². The number of nitrogens with one attached hydrogen (secondary N) is 3. The fraction of sp³-hybridized carbons (Fsp3) is 0.346. The van der Waals surface area contributed by atoms with Gasteiger partial charge >= 0.3 is 6.03 Å². The molecule has 9 nitrogen and oxygen atoms in total. The van der Waals surface area contributed by atoms with E-state index in [0.29, 0.717) is 18.8 Å². The number of aromatic amines is 1. The van der Waals surface area contributed by atoms with Gasteiger partial charge in [0, 0.05) is 47.6 Å². The van der Waals surface area contributed by atoms with Crippen LogP contribution in [-0.4, -0.2) is 53.0 Å². The van der Waals surface area contributed by atoms with Crippen molar-refractivity contribution in [1.82, 2.24) is 20.5 Å². The largest absolute Gasteiger partial charge is 0.494 e. The minimum atomic E-state index is -0.713. The number of fused-ring (bicyclic) bond motifs is 2. The Kier molecular flexibility index (Phi) is 6.07. The number of ether oxygens (including phenoxy) is 2. The number of hydrogen-bond acceptors (Lipinski definition) is 5. The van der Waals surface area contributed by atoms with E-state index in [0.717, 1.165) is 44.7 Å². The lowest BCUT2D eigenvalue weighted by Gasteiger charge is -2.15. The number of amides is 4. The highest BCUT2D eigenvalue weighted by molar-refractivity contribution is 6.06. The van der Waals surface area contributed by atoms with Gasteiger partial charge in [0.1, 0.15) is 30.2 Å². The van der Waals surface area contributed by atoms with E-state index in [4.69, 9.17) is 9.47 Å². The lowest BCUT2D eigenvalue weighted by Crippen LogP contribution is -2.41. The number of nitrogens with zero attached hydrogens (tertiary/aromatic N) is 1. The minimum Gasteiger partial charge on any atom is -0.494 e. The van der Waals surface area contributed by atoms with Gasteiger partial charge in [0.2, 0.25) is 5.91 Å². The number of carbonyl (C=O) groups is 3. The Morgan fingerprint density at radius 2 is 2.06 bits per heavy atom. The molecule has 5 rings (SSSR count). The molecule has 4 amide bonds. The van der Waals surface area contributed by atoms with Gasteiger partial charge in [-0.25, -0.2) is 4.79 Å². The van der Waals surface area contributed by atoms with E-state index in [1.54, 1.807) is 0 Å². The van der Waals surface area contributed by atoms with E-state index in [-0.39, 0.29) is 19.2 Å². The normalized spacial score (nSPS) is 19.0. The van der Waals surface area contributed by atoms with Gasteiger partial charge in [-0.2, -0.15) is 0 Å². The molecule has 3 heterocycles. The molecule has 182 valence electrons. The van der Waals surface area contributed by atoms with E-state index < -0.39 is 23.9 Å². The number of imide groups is 1. The summed E-state index contributed by atoms with van der Waals surface area (Å²) in [6.45, 7) is 4.25. The van der Waals surface area contributed by atoms with Gasteiger partial charge in [-0.05, 0) is 37.6 Å². The van der Waals surface area contributed by atoms with Crippen molar-refractivity contribution in [2.24, 2.45) is 0 Å². The van der Waals surface area contributed by atoms with Gasteiger partial charge in [0.05, 0.1) is 6.61 Å². The van der Waals surface area contributed by atoms with Crippen molar-refractivity contribution in [2.45, 2.75) is 45.4 Å². The van der Waals surface area contributed by atoms with Gasteiger partial charge in [0.15, 0.2) is 0 Å². The summed E-state index contributed by atoms with van der Waals surface area (Å²) in [4.78, 5) is 42.2. The molecule has 35 heavy (non-hydrogen) atoms. The number of para-hydroxylation sites is 1. The van der Waals surface area contributed by atoms with Crippen LogP contribution in [0.3, 0.4) is 0 Å². The first-order valence-electron chi connectivity index (χ1n) is 11.8. The summed E-state index contributed by atoms with van der Waals surface area (Å²) < 4.78 is 11.6. The Labute approximate surface area is 202 Å². The lowest BCUT2D eigenvalue weighted by molar-refractivity contribution is -0.132. The Balaban J connectivity index is 1.21. The third-order valence-electron chi connectivity index (χ3n) is 6.36. The fourth-order valence-electron chi connectivity index (χ4n) is 4.69. The maximum Gasteiger partial charge on any atom is 0.325 e. The van der Waals surface area contributed by atoms with E-state index in [1.165, 1.54) is 0 Å². The molecule has 1 fully saturated rings. The molecule has 1 aromatic heterocycles. The van der Waals surface area contributed by atoms with Crippen LogP contribution in [0.1, 0.15) is 30.5 Å². The third-order valence-corrected chi connectivity index (χ3v) is 6.36. The Morgan fingerprint density at radius 1 is 1.23 bits per heavy atom. The molecule has 1 saturated heterocycles. The van der Waals surface area contributed by atoms with Crippen LogP contribution < -0.4 is 20.1 Å². The first kappa shape index (κ1) is 22.8. The van der Waals surface area contributed by atoms with Gasteiger partial charge in [-0.15, -0.1) is 0 Å². The fourth-order valence-corrected chi connectivity index (χ4v) is 4.69. The highest BCUT2D eigenvalue weighted by Gasteiger charge is 2.39. The molecular formula is C26H28N4O5. The second kappa shape index (κ2) is 9.32. The van der Waals surface area contributed by atoms with Crippen molar-refractivity contribution >= 4 is 28.7 Å². The topological polar surface area (TPSA) is 113 Å². The van der Waals surface area contributed by atoms with Gasteiger partial charge < -0.3 is 25.1 Å². The molecule has 0 radical (unpaired) electrons. The van der Waals surface area contributed by atoms with E-state index in [1.807, 2.05) is 56.4 Å². The highest BCUT2D eigenvalue weighted by Crippen LogP contribution is 2.35. The van der Waals surface area contributed by atoms with Crippen LogP contribution in [0.5, 0.6) is 11.5 Å². The van der Waals surface area contributed by atoms with Crippen molar-refractivity contribution in [2.75, 3.05) is 13.2 Å². The SMILES string of the molecule is CCOc1cc2c(cc1CNC(=O)CN1C(=O)N[C@H](Cc3c[nH]c4ccccc34)C1=O)O[C@@H](C)C2. The lowest BCUT2D eigenvalue weighted by atomic mass is 10.1. The summed E-state index contributed by atoms with van der Waals surface area (Å²) in [6, 6.07) is 10.3. The molecule has 2 aliphatic rings. The number of rotatable bonds is 8. The molecular weight excluding hydrogens is 448 g/mol. The predicted molar refractivity (Wildman–Crippen MR) is 129 cm³/mol. The zero-order valence-electron chi connectivity index (χ0n) is 19.7. The summed E-state index contributed by atoms with van der Waals surface area (Å²) in [7, 11) is 0. The number of H-pyrrole nitrogens is 1. The van der Waals surface area contributed by atoms with Gasteiger partial charge in [-0.3, -0.25) is 14.5 Å². The Morgan fingerprint density at radius 3 is 2.89 bits per heavy atom. The monoisotopic (exact) mass is 476 g/mol. The molecule has 2 aliphatic heterocycles. The quantitative estimate of drug-likeness (QED) is 0.433. The molecule has 0 bridgehead atoms. The van der Waals surface area contributed by atoms with E-state index in [9.17, 15) is 14.4 Å². The smallest absolute Gasteiger partial charge is 0.325 e. The molecule has 0 spiro atoms. The van der Waals surface area contributed by atoms with Crippen LogP contribution in [0.2, 0.25) is 0 Å². The predicted octanol–water partition coefficient (Wildman–Crippen LogP) is 2.67. The number of benzene rings is 2. The maximum atomic E-state index is 12.9. The molecule has 2 aromatic carbocycles. The molecule has 0 unspecified atom stereocenters. The van der Waals surface area contributed by atoms with Crippen LogP contribution in [0.25, 0.3) is 10.9 Å². The van der Waals surface area contributed by atoms with Crippen molar-refractivity contribution in [3.05, 3.63) is 59.3 Å². The van der Waals surface area contributed by atoms with Crippen molar-refractivity contribution in [3.63, 3.8) is 0 Å². The van der Waals surface area contributed by atoms with Crippen LogP contribution in [0.4, 0.5) is 4.79 Å². The maximum absolute atomic E-state index is 12.9. The average Bonchev–Trinajstić information content (AvgIpc) is 3.49. The molecule has 0 saturated carbocycles. The summed E-state index contributed by atoms with van der Waals surface area (Å²) in [5.74, 6) is 0.640. The number of hydrogen-bond donors (Lipinski definition) is 3. The standard InChI is InChI=1S/C26H28N4O5/c1-3-34-22-10-16-8-15(2)35-23(16)11-18(22)13-28-24(31)14-30-25(32)21(29-26(30)33)9-17-12-27-20-7-5-4-6-19(17)20/h4-7,10-12,15,21,27H,3,8-9,13-14H2,1-2H3,(H,28,31)(H,29,33)/t15-,21+/m0/s1.